The Morgan fingerprint density at radius 1 is 1.44 bits per heavy atom. The Kier molecular flexibility index (Phi) is 4.59. The van der Waals surface area contributed by atoms with E-state index in [4.69, 9.17) is 11.6 Å². The van der Waals surface area contributed by atoms with E-state index in [9.17, 15) is 9.18 Å². The molecule has 0 aliphatic heterocycles. The van der Waals surface area contributed by atoms with Gasteiger partial charge in [0, 0.05) is 24.9 Å². The van der Waals surface area contributed by atoms with Crippen molar-refractivity contribution in [2.45, 2.75) is 38.3 Å². The number of alkyl halides is 1. The molecular weight excluding hydrogens is 253 g/mol. The molecule has 1 saturated carbocycles. The van der Waals surface area contributed by atoms with Gasteiger partial charge in [-0.05, 0) is 37.0 Å². The van der Waals surface area contributed by atoms with Crippen LogP contribution in [0.25, 0.3) is 0 Å². The van der Waals surface area contributed by atoms with E-state index >= 15 is 0 Å². The molecule has 1 aromatic carbocycles. The predicted molar refractivity (Wildman–Crippen MR) is 69.9 cm³/mol. The first kappa shape index (κ1) is 13.3. The molecule has 2 nitrogen and oxygen atoms in total. The fourth-order valence-corrected chi connectivity index (χ4v) is 2.13. The Morgan fingerprint density at radius 3 is 2.83 bits per heavy atom. The maximum atomic E-state index is 13.1. The van der Waals surface area contributed by atoms with Crippen molar-refractivity contribution in [1.29, 1.82) is 0 Å². The van der Waals surface area contributed by atoms with Crippen LogP contribution in [-0.4, -0.2) is 22.7 Å². The van der Waals surface area contributed by atoms with Gasteiger partial charge in [-0.2, -0.15) is 0 Å². The monoisotopic (exact) mass is 269 g/mol. The first-order valence-electron chi connectivity index (χ1n) is 6.30. The highest BCUT2D eigenvalue weighted by atomic mass is 35.5. The van der Waals surface area contributed by atoms with Crippen molar-refractivity contribution >= 4 is 17.5 Å². The number of hydrogen-bond donors (Lipinski definition) is 0. The van der Waals surface area contributed by atoms with Crippen LogP contribution in [0.3, 0.4) is 0 Å². The van der Waals surface area contributed by atoms with Crippen molar-refractivity contribution in [3.05, 3.63) is 35.6 Å². The van der Waals surface area contributed by atoms with E-state index in [2.05, 4.69) is 0 Å². The summed E-state index contributed by atoms with van der Waals surface area (Å²) in [4.78, 5) is 13.9. The third-order valence-corrected chi connectivity index (χ3v) is 3.34. The summed E-state index contributed by atoms with van der Waals surface area (Å²) in [7, 11) is 0. The van der Waals surface area contributed by atoms with Gasteiger partial charge in [-0.1, -0.05) is 12.1 Å². The lowest BCUT2D eigenvalue weighted by Crippen LogP contribution is -2.32. The Hall–Kier alpha value is -1.09. The normalized spacial score (nSPS) is 14.6. The van der Waals surface area contributed by atoms with Crippen molar-refractivity contribution in [1.82, 2.24) is 4.90 Å². The summed E-state index contributed by atoms with van der Waals surface area (Å²) in [5.41, 5.74) is 0.848. The lowest BCUT2D eigenvalue weighted by molar-refractivity contribution is -0.132. The molecule has 1 aliphatic rings. The number of amides is 1. The topological polar surface area (TPSA) is 20.3 Å². The third-order valence-electron chi connectivity index (χ3n) is 3.07. The molecule has 2 rings (SSSR count). The molecule has 0 saturated heterocycles. The van der Waals surface area contributed by atoms with Crippen LogP contribution in [0.2, 0.25) is 0 Å². The molecule has 0 aromatic heterocycles. The average Bonchev–Trinajstić information content (AvgIpc) is 3.17. The molecule has 4 heteroatoms. The van der Waals surface area contributed by atoms with Crippen LogP contribution in [-0.2, 0) is 11.3 Å². The van der Waals surface area contributed by atoms with Crippen LogP contribution in [0.15, 0.2) is 24.3 Å². The van der Waals surface area contributed by atoms with Crippen LogP contribution < -0.4 is 0 Å². The van der Waals surface area contributed by atoms with E-state index in [1.165, 1.54) is 12.1 Å². The highest BCUT2D eigenvalue weighted by molar-refractivity contribution is 6.17. The number of carbonyl (C=O) groups excluding carboxylic acids is 1. The fraction of sp³-hybridized carbons (Fsp3) is 0.500. The first-order chi connectivity index (χ1) is 8.70. The summed E-state index contributed by atoms with van der Waals surface area (Å²) in [6, 6.07) is 6.78. The molecule has 1 aromatic rings. The van der Waals surface area contributed by atoms with E-state index in [-0.39, 0.29) is 11.7 Å². The van der Waals surface area contributed by atoms with E-state index in [0.29, 0.717) is 31.3 Å². The van der Waals surface area contributed by atoms with Crippen molar-refractivity contribution in [3.8, 4) is 0 Å². The summed E-state index contributed by atoms with van der Waals surface area (Å²) in [5.74, 6) is 0.378. The molecule has 0 heterocycles. The highest BCUT2D eigenvalue weighted by Gasteiger charge is 2.32. The number of hydrogen-bond acceptors (Lipinski definition) is 1. The third kappa shape index (κ3) is 3.70. The minimum absolute atomic E-state index is 0.127. The van der Waals surface area contributed by atoms with Gasteiger partial charge in [-0.25, -0.2) is 4.39 Å². The van der Waals surface area contributed by atoms with Crippen LogP contribution in [0.5, 0.6) is 0 Å². The van der Waals surface area contributed by atoms with E-state index < -0.39 is 0 Å². The molecule has 0 bridgehead atoms. The summed E-state index contributed by atoms with van der Waals surface area (Å²) in [6.45, 7) is 0.504. The molecule has 0 radical (unpaired) electrons. The summed E-state index contributed by atoms with van der Waals surface area (Å²) in [6.07, 6.45) is 3.30. The zero-order valence-corrected chi connectivity index (χ0v) is 11.0. The number of benzene rings is 1. The lowest BCUT2D eigenvalue weighted by atomic mass is 10.2. The van der Waals surface area contributed by atoms with Crippen LogP contribution in [0.1, 0.15) is 31.2 Å². The van der Waals surface area contributed by atoms with Gasteiger partial charge in [0.2, 0.25) is 5.91 Å². The second-order valence-electron chi connectivity index (χ2n) is 4.68. The molecule has 18 heavy (non-hydrogen) atoms. The SMILES string of the molecule is O=C(CCCCl)N(Cc1cccc(F)c1)C1CC1. The summed E-state index contributed by atoms with van der Waals surface area (Å²) >= 11 is 5.61. The van der Waals surface area contributed by atoms with Crippen molar-refractivity contribution in [2.24, 2.45) is 0 Å². The predicted octanol–water partition coefficient (Wildman–Crippen LogP) is 3.34. The lowest BCUT2D eigenvalue weighted by Gasteiger charge is -2.22. The largest absolute Gasteiger partial charge is 0.335 e. The van der Waals surface area contributed by atoms with Gasteiger partial charge in [0.1, 0.15) is 5.82 Å². The Balaban J connectivity index is 2.00. The molecule has 1 fully saturated rings. The molecule has 1 amide bonds. The van der Waals surface area contributed by atoms with Gasteiger partial charge in [0.05, 0.1) is 0 Å². The van der Waals surface area contributed by atoms with Crippen molar-refractivity contribution in [2.75, 3.05) is 5.88 Å². The number of rotatable bonds is 6. The standard InChI is InChI=1S/C14H17ClFNO/c15-8-2-5-14(18)17(13-6-7-13)10-11-3-1-4-12(16)9-11/h1,3-4,9,13H,2,5-8,10H2. The summed E-state index contributed by atoms with van der Waals surface area (Å²) < 4.78 is 13.1. The average molecular weight is 270 g/mol. The van der Waals surface area contributed by atoms with Crippen LogP contribution in [0, 0.1) is 5.82 Å². The maximum Gasteiger partial charge on any atom is 0.223 e. The molecule has 0 N–H and O–H groups in total. The van der Waals surface area contributed by atoms with Crippen molar-refractivity contribution < 1.29 is 9.18 Å². The number of nitrogens with zero attached hydrogens (tertiary/aromatic N) is 1. The van der Waals surface area contributed by atoms with Gasteiger partial charge in [0.25, 0.3) is 0 Å². The number of halogens is 2. The Bertz CT molecular complexity index is 420. The van der Waals surface area contributed by atoms with Crippen molar-refractivity contribution in [3.63, 3.8) is 0 Å². The van der Waals surface area contributed by atoms with Gasteiger partial charge in [-0.3, -0.25) is 4.79 Å². The van der Waals surface area contributed by atoms with Gasteiger partial charge in [0.15, 0.2) is 0 Å². The quantitative estimate of drug-likeness (QED) is 0.726. The second kappa shape index (κ2) is 6.19. The summed E-state index contributed by atoms with van der Waals surface area (Å²) in [5, 5.41) is 0. The van der Waals surface area contributed by atoms with E-state index in [1.54, 1.807) is 6.07 Å². The zero-order chi connectivity index (χ0) is 13.0. The zero-order valence-electron chi connectivity index (χ0n) is 10.2. The molecule has 0 spiro atoms. The molecule has 98 valence electrons. The minimum Gasteiger partial charge on any atom is -0.335 e. The van der Waals surface area contributed by atoms with Crippen LogP contribution >= 0.6 is 11.6 Å². The van der Waals surface area contributed by atoms with E-state index in [0.717, 1.165) is 18.4 Å². The molecule has 1 aliphatic carbocycles. The van der Waals surface area contributed by atoms with Gasteiger partial charge in [-0.15, -0.1) is 11.6 Å². The minimum atomic E-state index is -0.253. The Morgan fingerprint density at radius 2 is 2.22 bits per heavy atom. The molecular formula is C14H17ClFNO. The smallest absolute Gasteiger partial charge is 0.223 e. The second-order valence-corrected chi connectivity index (χ2v) is 5.05. The van der Waals surface area contributed by atoms with Crippen LogP contribution in [0.4, 0.5) is 4.39 Å². The fourth-order valence-electron chi connectivity index (χ4n) is 2.00. The molecule has 0 atom stereocenters. The maximum absolute atomic E-state index is 13.1. The van der Waals surface area contributed by atoms with Gasteiger partial charge >= 0.3 is 0 Å². The highest BCUT2D eigenvalue weighted by Crippen LogP contribution is 2.29. The first-order valence-corrected chi connectivity index (χ1v) is 6.84. The Labute approximate surface area is 112 Å². The van der Waals surface area contributed by atoms with E-state index in [1.807, 2.05) is 11.0 Å². The molecule has 0 unspecified atom stereocenters. The number of carbonyl (C=O) groups is 1. The van der Waals surface area contributed by atoms with Gasteiger partial charge < -0.3 is 4.90 Å².